The van der Waals surface area contributed by atoms with Crippen LogP contribution in [0.2, 0.25) is 0 Å². The first kappa shape index (κ1) is 8.05. The van der Waals surface area contributed by atoms with Gasteiger partial charge in [0, 0.05) is 0 Å². The molecule has 68 valence electrons. The summed E-state index contributed by atoms with van der Waals surface area (Å²) in [6, 6.07) is -0.0197. The zero-order chi connectivity index (χ0) is 8.55. The number of fused-ring (bicyclic) bond motifs is 2. The zero-order valence-corrected chi connectivity index (χ0v) is 7.38. The third kappa shape index (κ3) is 1.22. The number of piperidine rings is 1. The van der Waals surface area contributed by atoms with Crippen molar-refractivity contribution in [3.63, 3.8) is 0 Å². The zero-order valence-electron chi connectivity index (χ0n) is 7.38. The summed E-state index contributed by atoms with van der Waals surface area (Å²) in [5, 5.41) is 3.26. The molecular formula is C9H15NO2. The molecule has 2 bridgehead atoms. The first-order valence-corrected chi connectivity index (χ1v) is 4.62. The van der Waals surface area contributed by atoms with Crippen molar-refractivity contribution in [2.45, 2.75) is 25.3 Å². The molecule has 2 aliphatic rings. The largest absolute Gasteiger partial charge is 0.468 e. The molecule has 0 aromatic heterocycles. The molecule has 12 heavy (non-hydrogen) atoms. The van der Waals surface area contributed by atoms with Gasteiger partial charge < -0.3 is 10.1 Å². The number of carbonyl (C=O) groups excluding carboxylic acids is 1. The quantitative estimate of drug-likeness (QED) is 0.582. The molecule has 1 saturated heterocycles. The van der Waals surface area contributed by atoms with Gasteiger partial charge in [-0.2, -0.15) is 0 Å². The molecule has 0 spiro atoms. The van der Waals surface area contributed by atoms with Crippen LogP contribution in [0.3, 0.4) is 0 Å². The first-order valence-electron chi connectivity index (χ1n) is 4.62. The number of rotatable bonds is 1. The van der Waals surface area contributed by atoms with Crippen molar-refractivity contribution in [1.82, 2.24) is 5.32 Å². The van der Waals surface area contributed by atoms with Gasteiger partial charge in [0.2, 0.25) is 0 Å². The lowest BCUT2D eigenvalue weighted by molar-refractivity contribution is -0.145. The second kappa shape index (κ2) is 3.05. The Kier molecular flexibility index (Phi) is 2.05. The van der Waals surface area contributed by atoms with Gasteiger partial charge in [0.05, 0.1) is 7.11 Å². The molecule has 0 aromatic carbocycles. The smallest absolute Gasteiger partial charge is 0.323 e. The lowest BCUT2D eigenvalue weighted by atomic mass is 9.93. The van der Waals surface area contributed by atoms with Crippen molar-refractivity contribution >= 4 is 5.97 Å². The molecule has 2 fully saturated rings. The van der Waals surface area contributed by atoms with Gasteiger partial charge in [-0.3, -0.25) is 4.79 Å². The summed E-state index contributed by atoms with van der Waals surface area (Å²) in [6.07, 6.45) is 3.69. The molecular weight excluding hydrogens is 154 g/mol. The standard InChI is InChI=1S/C9H15NO2/c1-12-9(11)8-7-3-2-6(4-7)5-10-8/h6-8,10H,2-5H2,1H3/t6-,7+,8-/m1/s1. The van der Waals surface area contributed by atoms with Crippen LogP contribution in [0.4, 0.5) is 0 Å². The minimum Gasteiger partial charge on any atom is -0.468 e. The van der Waals surface area contributed by atoms with Crippen LogP contribution in [0, 0.1) is 11.8 Å². The Bertz CT molecular complexity index is 193. The van der Waals surface area contributed by atoms with Gasteiger partial charge in [-0.05, 0) is 37.6 Å². The van der Waals surface area contributed by atoms with E-state index in [-0.39, 0.29) is 12.0 Å². The van der Waals surface area contributed by atoms with E-state index >= 15 is 0 Å². The Labute approximate surface area is 72.5 Å². The highest BCUT2D eigenvalue weighted by Crippen LogP contribution is 2.36. The summed E-state index contributed by atoms with van der Waals surface area (Å²) >= 11 is 0. The monoisotopic (exact) mass is 169 g/mol. The van der Waals surface area contributed by atoms with Gasteiger partial charge in [0.15, 0.2) is 0 Å². The number of nitrogens with one attached hydrogen (secondary N) is 1. The molecule has 2 rings (SSSR count). The van der Waals surface area contributed by atoms with Crippen molar-refractivity contribution in [3.05, 3.63) is 0 Å². The molecule has 0 radical (unpaired) electrons. The number of hydrogen-bond donors (Lipinski definition) is 1. The third-order valence-electron chi connectivity index (χ3n) is 3.13. The highest BCUT2D eigenvalue weighted by molar-refractivity contribution is 5.76. The van der Waals surface area contributed by atoms with E-state index in [9.17, 15) is 4.79 Å². The number of methoxy groups -OCH3 is 1. The van der Waals surface area contributed by atoms with Crippen LogP contribution in [0.5, 0.6) is 0 Å². The van der Waals surface area contributed by atoms with E-state index in [4.69, 9.17) is 4.74 Å². The Balaban J connectivity index is 2.02. The highest BCUT2D eigenvalue weighted by Gasteiger charge is 2.39. The topological polar surface area (TPSA) is 38.3 Å². The summed E-state index contributed by atoms with van der Waals surface area (Å²) in [5.74, 6) is 1.27. The predicted molar refractivity (Wildman–Crippen MR) is 44.6 cm³/mol. The van der Waals surface area contributed by atoms with E-state index in [1.54, 1.807) is 0 Å². The van der Waals surface area contributed by atoms with Crippen LogP contribution in [0.1, 0.15) is 19.3 Å². The maximum atomic E-state index is 11.3. The van der Waals surface area contributed by atoms with Crippen molar-refractivity contribution in [1.29, 1.82) is 0 Å². The Morgan fingerprint density at radius 1 is 1.50 bits per heavy atom. The molecule has 1 heterocycles. The molecule has 1 N–H and O–H groups in total. The van der Waals surface area contributed by atoms with E-state index in [2.05, 4.69) is 5.32 Å². The second-order valence-corrected chi connectivity index (χ2v) is 3.85. The minimum atomic E-state index is -0.0830. The first-order chi connectivity index (χ1) is 5.81. The third-order valence-corrected chi connectivity index (χ3v) is 3.13. The number of hydrogen-bond acceptors (Lipinski definition) is 3. The van der Waals surface area contributed by atoms with E-state index in [0.29, 0.717) is 5.92 Å². The summed E-state index contributed by atoms with van der Waals surface area (Å²) in [5.41, 5.74) is 0. The summed E-state index contributed by atoms with van der Waals surface area (Å²) in [7, 11) is 1.46. The maximum Gasteiger partial charge on any atom is 0.323 e. The summed E-state index contributed by atoms with van der Waals surface area (Å²) in [4.78, 5) is 11.3. The van der Waals surface area contributed by atoms with Crippen molar-refractivity contribution in [2.75, 3.05) is 13.7 Å². The maximum absolute atomic E-state index is 11.3. The van der Waals surface area contributed by atoms with Crippen LogP contribution < -0.4 is 5.32 Å². The average molecular weight is 169 g/mol. The summed E-state index contributed by atoms with van der Waals surface area (Å²) < 4.78 is 4.74. The second-order valence-electron chi connectivity index (χ2n) is 3.85. The van der Waals surface area contributed by atoms with E-state index in [1.165, 1.54) is 26.4 Å². The Morgan fingerprint density at radius 3 is 3.08 bits per heavy atom. The SMILES string of the molecule is COC(=O)[C@@H]1NC[C@@H]2CC[C@H]1C2. The molecule has 1 aliphatic carbocycles. The fourth-order valence-electron chi connectivity index (χ4n) is 2.46. The van der Waals surface area contributed by atoms with Crippen molar-refractivity contribution in [2.24, 2.45) is 11.8 Å². The van der Waals surface area contributed by atoms with Crippen LogP contribution in [0.15, 0.2) is 0 Å². The van der Waals surface area contributed by atoms with Gasteiger partial charge in [0.1, 0.15) is 6.04 Å². The molecule has 3 nitrogen and oxygen atoms in total. The van der Waals surface area contributed by atoms with Gasteiger partial charge >= 0.3 is 5.97 Å². The van der Waals surface area contributed by atoms with Crippen LogP contribution in [0.25, 0.3) is 0 Å². The molecule has 0 aromatic rings. The van der Waals surface area contributed by atoms with Crippen LogP contribution >= 0.6 is 0 Å². The predicted octanol–water partition coefficient (Wildman–Crippen LogP) is 0.547. The van der Waals surface area contributed by atoms with Gasteiger partial charge in [-0.25, -0.2) is 0 Å². The average Bonchev–Trinajstić information content (AvgIpc) is 2.47. The van der Waals surface area contributed by atoms with E-state index in [0.717, 1.165) is 12.5 Å². The molecule has 1 saturated carbocycles. The molecule has 0 unspecified atom stereocenters. The van der Waals surface area contributed by atoms with Crippen molar-refractivity contribution in [3.8, 4) is 0 Å². The highest BCUT2D eigenvalue weighted by atomic mass is 16.5. The number of ether oxygens (including phenoxy) is 1. The van der Waals surface area contributed by atoms with Crippen LogP contribution in [-0.4, -0.2) is 25.7 Å². The minimum absolute atomic E-state index is 0.0197. The Morgan fingerprint density at radius 2 is 2.33 bits per heavy atom. The van der Waals surface area contributed by atoms with Crippen LogP contribution in [-0.2, 0) is 9.53 Å². The normalized spacial score (nSPS) is 39.6. The molecule has 3 atom stereocenters. The van der Waals surface area contributed by atoms with E-state index in [1.807, 2.05) is 0 Å². The summed E-state index contributed by atoms with van der Waals surface area (Å²) in [6.45, 7) is 0.996. The Hall–Kier alpha value is -0.570. The van der Waals surface area contributed by atoms with Gasteiger partial charge in [-0.15, -0.1) is 0 Å². The molecule has 3 heteroatoms. The van der Waals surface area contributed by atoms with Gasteiger partial charge in [-0.1, -0.05) is 0 Å². The van der Waals surface area contributed by atoms with E-state index < -0.39 is 0 Å². The lowest BCUT2D eigenvalue weighted by Crippen LogP contribution is -2.47. The lowest BCUT2D eigenvalue weighted by Gasteiger charge is -2.27. The number of carbonyl (C=O) groups is 1. The number of esters is 1. The van der Waals surface area contributed by atoms with Gasteiger partial charge in [0.25, 0.3) is 0 Å². The molecule has 1 aliphatic heterocycles. The fraction of sp³-hybridized carbons (Fsp3) is 0.889. The fourth-order valence-corrected chi connectivity index (χ4v) is 2.46. The molecule has 0 amide bonds. The van der Waals surface area contributed by atoms with Crippen molar-refractivity contribution < 1.29 is 9.53 Å².